The fourth-order valence-electron chi connectivity index (χ4n) is 3.87. The molecule has 0 aliphatic carbocycles. The van der Waals surface area contributed by atoms with Gasteiger partial charge in [0.15, 0.2) is 0 Å². The average Bonchev–Trinajstić information content (AvgIpc) is 2.92. The lowest BCUT2D eigenvalue weighted by molar-refractivity contribution is 0.0734. The largest absolute Gasteiger partial charge is 0.494 e. The van der Waals surface area contributed by atoms with Crippen LogP contribution >= 0.6 is 0 Å². The molecule has 196 valence electrons. The van der Waals surface area contributed by atoms with E-state index in [-0.39, 0.29) is 5.82 Å². The summed E-state index contributed by atoms with van der Waals surface area (Å²) in [6, 6.07) is 19.5. The second-order valence-electron chi connectivity index (χ2n) is 9.12. The fourth-order valence-corrected chi connectivity index (χ4v) is 3.87. The van der Waals surface area contributed by atoms with E-state index >= 15 is 0 Å². The van der Waals surface area contributed by atoms with E-state index in [9.17, 15) is 9.18 Å². The van der Waals surface area contributed by atoms with E-state index in [1.165, 1.54) is 69.9 Å². The molecular weight excluding hydrogens is 467 g/mol. The first-order chi connectivity index (χ1) is 18.1. The van der Waals surface area contributed by atoms with Crippen LogP contribution in [-0.2, 0) is 0 Å². The first kappa shape index (κ1) is 28.0. The standard InChI is InChI=1S/C31H37FN2O3/c1-2-3-4-5-6-7-8-9-10-11-23-36-29-19-15-25(16-20-29)31(35)37-30-21-17-27(18-22-30)33-34-28-14-12-13-26(32)24-28/h12-22,24H,2-11,23H2,1H3. The maximum atomic E-state index is 13.2. The van der Waals surface area contributed by atoms with Crippen LogP contribution < -0.4 is 9.47 Å². The van der Waals surface area contributed by atoms with Gasteiger partial charge in [-0.3, -0.25) is 0 Å². The van der Waals surface area contributed by atoms with Crippen LogP contribution in [0, 0.1) is 5.82 Å². The van der Waals surface area contributed by atoms with Crippen molar-refractivity contribution in [1.82, 2.24) is 0 Å². The summed E-state index contributed by atoms with van der Waals surface area (Å²) in [6.45, 7) is 2.94. The van der Waals surface area contributed by atoms with Crippen molar-refractivity contribution in [3.63, 3.8) is 0 Å². The van der Waals surface area contributed by atoms with Crippen molar-refractivity contribution in [2.45, 2.75) is 71.1 Å². The van der Waals surface area contributed by atoms with Crippen molar-refractivity contribution in [2.75, 3.05) is 6.61 Å². The number of ether oxygens (including phenoxy) is 2. The third-order valence-corrected chi connectivity index (χ3v) is 5.99. The van der Waals surface area contributed by atoms with E-state index < -0.39 is 5.97 Å². The molecular formula is C31H37FN2O3. The predicted molar refractivity (Wildman–Crippen MR) is 146 cm³/mol. The summed E-state index contributed by atoms with van der Waals surface area (Å²) in [5.74, 6) is 0.333. The lowest BCUT2D eigenvalue weighted by atomic mass is 10.1. The van der Waals surface area contributed by atoms with Gasteiger partial charge in [0.2, 0.25) is 0 Å². The zero-order chi connectivity index (χ0) is 26.1. The predicted octanol–water partition coefficient (Wildman–Crippen LogP) is 9.76. The second-order valence-corrected chi connectivity index (χ2v) is 9.12. The zero-order valence-corrected chi connectivity index (χ0v) is 21.7. The molecule has 0 saturated carbocycles. The van der Waals surface area contributed by atoms with Gasteiger partial charge >= 0.3 is 5.97 Å². The Kier molecular flexibility index (Phi) is 12.3. The molecule has 0 aliphatic heterocycles. The molecule has 0 aromatic heterocycles. The van der Waals surface area contributed by atoms with E-state index in [4.69, 9.17) is 9.47 Å². The Morgan fingerprint density at radius 1 is 0.703 bits per heavy atom. The Morgan fingerprint density at radius 3 is 1.95 bits per heavy atom. The number of rotatable bonds is 16. The highest BCUT2D eigenvalue weighted by atomic mass is 19.1. The summed E-state index contributed by atoms with van der Waals surface area (Å²) in [5.41, 5.74) is 1.43. The van der Waals surface area contributed by atoms with Crippen LogP contribution in [0.3, 0.4) is 0 Å². The fraction of sp³-hybridized carbons (Fsp3) is 0.387. The Balaban J connectivity index is 1.33. The van der Waals surface area contributed by atoms with Crippen LogP contribution in [0.15, 0.2) is 83.0 Å². The molecule has 0 unspecified atom stereocenters. The van der Waals surface area contributed by atoms with Gasteiger partial charge in [-0.25, -0.2) is 9.18 Å². The van der Waals surface area contributed by atoms with Crippen molar-refractivity contribution in [3.8, 4) is 11.5 Å². The zero-order valence-electron chi connectivity index (χ0n) is 21.7. The SMILES string of the molecule is CCCCCCCCCCCCOc1ccc(C(=O)Oc2ccc(N=Nc3cccc(F)c3)cc2)cc1. The molecule has 0 amide bonds. The molecule has 0 fully saturated rings. The van der Waals surface area contributed by atoms with E-state index in [1.54, 1.807) is 60.7 Å². The minimum atomic E-state index is -0.449. The Bertz CT molecular complexity index is 1100. The number of benzene rings is 3. The first-order valence-corrected chi connectivity index (χ1v) is 13.4. The molecule has 3 rings (SSSR count). The van der Waals surface area contributed by atoms with Crippen molar-refractivity contribution in [1.29, 1.82) is 0 Å². The van der Waals surface area contributed by atoms with Gasteiger partial charge in [-0.1, -0.05) is 70.8 Å². The quantitative estimate of drug-likeness (QED) is 0.0844. The van der Waals surface area contributed by atoms with E-state index in [1.807, 2.05) is 0 Å². The lowest BCUT2D eigenvalue weighted by Crippen LogP contribution is -2.08. The minimum absolute atomic E-state index is 0.368. The van der Waals surface area contributed by atoms with Gasteiger partial charge in [-0.15, -0.1) is 0 Å². The van der Waals surface area contributed by atoms with Gasteiger partial charge in [0.25, 0.3) is 0 Å². The molecule has 0 heterocycles. The van der Waals surface area contributed by atoms with Gasteiger partial charge in [0, 0.05) is 6.07 Å². The van der Waals surface area contributed by atoms with E-state index in [0.29, 0.717) is 29.3 Å². The highest BCUT2D eigenvalue weighted by Crippen LogP contribution is 2.23. The van der Waals surface area contributed by atoms with Crippen LogP contribution in [0.5, 0.6) is 11.5 Å². The lowest BCUT2D eigenvalue weighted by Gasteiger charge is -2.08. The highest BCUT2D eigenvalue weighted by Gasteiger charge is 2.09. The van der Waals surface area contributed by atoms with Crippen LogP contribution in [0.1, 0.15) is 81.5 Å². The number of halogens is 1. The van der Waals surface area contributed by atoms with Gasteiger partial charge in [-0.2, -0.15) is 10.2 Å². The number of hydrogen-bond acceptors (Lipinski definition) is 5. The van der Waals surface area contributed by atoms with Crippen LogP contribution in [-0.4, -0.2) is 12.6 Å². The molecule has 3 aromatic carbocycles. The molecule has 0 bridgehead atoms. The van der Waals surface area contributed by atoms with Crippen LogP contribution in [0.25, 0.3) is 0 Å². The normalized spacial score (nSPS) is 11.1. The number of unbranched alkanes of at least 4 members (excludes halogenated alkanes) is 9. The molecule has 37 heavy (non-hydrogen) atoms. The molecule has 0 atom stereocenters. The summed E-state index contributed by atoms with van der Waals surface area (Å²) < 4.78 is 24.5. The minimum Gasteiger partial charge on any atom is -0.494 e. The molecule has 3 aromatic rings. The summed E-state index contributed by atoms with van der Waals surface area (Å²) in [6.07, 6.45) is 12.9. The van der Waals surface area contributed by atoms with Crippen LogP contribution in [0.4, 0.5) is 15.8 Å². The molecule has 6 heteroatoms. The van der Waals surface area contributed by atoms with Crippen molar-refractivity contribution < 1.29 is 18.7 Å². The molecule has 0 aliphatic rings. The van der Waals surface area contributed by atoms with E-state index in [0.717, 1.165) is 12.2 Å². The van der Waals surface area contributed by atoms with Crippen molar-refractivity contribution in [3.05, 3.63) is 84.2 Å². The van der Waals surface area contributed by atoms with Gasteiger partial charge in [0.1, 0.15) is 17.3 Å². The summed E-state index contributed by atoms with van der Waals surface area (Å²) in [4.78, 5) is 12.5. The Labute approximate surface area is 219 Å². The Morgan fingerprint density at radius 2 is 1.30 bits per heavy atom. The number of carbonyl (C=O) groups excluding carboxylic acids is 1. The third-order valence-electron chi connectivity index (χ3n) is 5.99. The molecule has 0 radical (unpaired) electrons. The number of esters is 1. The topological polar surface area (TPSA) is 60.2 Å². The monoisotopic (exact) mass is 504 g/mol. The smallest absolute Gasteiger partial charge is 0.343 e. The summed E-state index contributed by atoms with van der Waals surface area (Å²) >= 11 is 0. The molecule has 5 nitrogen and oxygen atoms in total. The highest BCUT2D eigenvalue weighted by molar-refractivity contribution is 5.91. The number of carbonyl (C=O) groups is 1. The first-order valence-electron chi connectivity index (χ1n) is 13.4. The maximum Gasteiger partial charge on any atom is 0.343 e. The number of nitrogens with zero attached hydrogens (tertiary/aromatic N) is 2. The summed E-state index contributed by atoms with van der Waals surface area (Å²) in [7, 11) is 0. The van der Waals surface area contributed by atoms with Gasteiger partial charge < -0.3 is 9.47 Å². The second kappa shape index (κ2) is 16.3. The molecule has 0 spiro atoms. The number of azo groups is 1. The molecule has 0 N–H and O–H groups in total. The van der Waals surface area contributed by atoms with Gasteiger partial charge in [-0.05, 0) is 67.1 Å². The van der Waals surface area contributed by atoms with E-state index in [2.05, 4.69) is 17.2 Å². The maximum absolute atomic E-state index is 13.2. The van der Waals surface area contributed by atoms with Crippen molar-refractivity contribution in [2.24, 2.45) is 10.2 Å². The Hall–Kier alpha value is -3.54. The summed E-state index contributed by atoms with van der Waals surface area (Å²) in [5, 5.41) is 8.07. The average molecular weight is 505 g/mol. The third kappa shape index (κ3) is 10.9. The van der Waals surface area contributed by atoms with Gasteiger partial charge in [0.05, 0.1) is 23.5 Å². The van der Waals surface area contributed by atoms with Crippen molar-refractivity contribution >= 4 is 17.3 Å². The van der Waals surface area contributed by atoms with Crippen LogP contribution in [0.2, 0.25) is 0 Å². The number of hydrogen-bond donors (Lipinski definition) is 0. The molecule has 0 saturated heterocycles.